The van der Waals surface area contributed by atoms with E-state index < -0.39 is 0 Å². The zero-order valence-electron chi connectivity index (χ0n) is 9.37. The summed E-state index contributed by atoms with van der Waals surface area (Å²) in [5, 5.41) is 0.944. The summed E-state index contributed by atoms with van der Waals surface area (Å²) in [6.07, 6.45) is 0. The van der Waals surface area contributed by atoms with Crippen molar-refractivity contribution in [1.82, 2.24) is 4.98 Å². The Morgan fingerprint density at radius 2 is 1.94 bits per heavy atom. The van der Waals surface area contributed by atoms with E-state index in [1.807, 2.05) is 25.1 Å². The quantitative estimate of drug-likeness (QED) is 0.846. The predicted molar refractivity (Wildman–Crippen MR) is 67.3 cm³/mol. The maximum atomic E-state index is 5.40. The number of hydrogen-bond donors (Lipinski definition) is 0. The molecule has 0 unspecified atom stereocenters. The molecule has 0 aliphatic carbocycles. The molecule has 0 N–H and O–H groups in total. The van der Waals surface area contributed by atoms with Crippen LogP contribution in [0.15, 0.2) is 22.7 Å². The second-order valence-electron chi connectivity index (χ2n) is 3.43. The zero-order valence-corrected chi connectivity index (χ0v) is 11.0. The molecule has 1 heterocycles. The third-order valence-electron chi connectivity index (χ3n) is 2.46. The Morgan fingerprint density at radius 3 is 2.56 bits per heavy atom. The van der Waals surface area contributed by atoms with E-state index in [0.717, 1.165) is 32.6 Å². The van der Waals surface area contributed by atoms with E-state index in [4.69, 9.17) is 9.47 Å². The summed E-state index contributed by atoms with van der Waals surface area (Å²) in [5.74, 6) is 1.59. The third kappa shape index (κ3) is 1.73. The van der Waals surface area contributed by atoms with Crippen LogP contribution in [-0.2, 0) is 0 Å². The van der Waals surface area contributed by atoms with Crippen molar-refractivity contribution in [3.63, 3.8) is 0 Å². The Labute approximate surface area is 103 Å². The topological polar surface area (TPSA) is 31.4 Å². The first-order valence-electron chi connectivity index (χ1n) is 4.85. The van der Waals surface area contributed by atoms with Crippen molar-refractivity contribution >= 4 is 26.8 Å². The Bertz CT molecular complexity index is 540. The molecule has 0 saturated carbocycles. The van der Waals surface area contributed by atoms with Gasteiger partial charge in [0.25, 0.3) is 0 Å². The fourth-order valence-electron chi connectivity index (χ4n) is 1.63. The summed E-state index contributed by atoms with van der Waals surface area (Å²) in [5.41, 5.74) is 1.81. The van der Waals surface area contributed by atoms with Gasteiger partial charge in [0.05, 0.1) is 29.9 Å². The van der Waals surface area contributed by atoms with Crippen LogP contribution in [0.5, 0.6) is 11.5 Å². The van der Waals surface area contributed by atoms with E-state index in [1.165, 1.54) is 0 Å². The second-order valence-corrected chi connectivity index (χ2v) is 4.22. The van der Waals surface area contributed by atoms with Gasteiger partial charge in [0.1, 0.15) is 11.5 Å². The van der Waals surface area contributed by atoms with Crippen LogP contribution in [-0.4, -0.2) is 19.2 Å². The van der Waals surface area contributed by atoms with Crippen molar-refractivity contribution in [2.45, 2.75) is 6.92 Å². The van der Waals surface area contributed by atoms with Crippen molar-refractivity contribution in [1.29, 1.82) is 0 Å². The third-order valence-corrected chi connectivity index (χ3v) is 3.39. The summed E-state index contributed by atoms with van der Waals surface area (Å²) in [6.45, 7) is 1.94. The Hall–Kier alpha value is -1.29. The number of aromatic nitrogens is 1. The summed E-state index contributed by atoms with van der Waals surface area (Å²) < 4.78 is 11.5. The highest BCUT2D eigenvalue weighted by molar-refractivity contribution is 9.10. The molecule has 4 heteroatoms. The molecule has 0 atom stereocenters. The first-order chi connectivity index (χ1) is 7.67. The minimum absolute atomic E-state index is 0.793. The molecule has 0 aliphatic rings. The highest BCUT2D eigenvalue weighted by atomic mass is 79.9. The van der Waals surface area contributed by atoms with Gasteiger partial charge in [-0.25, -0.2) is 0 Å². The van der Waals surface area contributed by atoms with Gasteiger partial charge in [-0.2, -0.15) is 0 Å². The largest absolute Gasteiger partial charge is 0.497 e. The number of pyridine rings is 1. The Balaban J connectivity index is 2.81. The van der Waals surface area contributed by atoms with Gasteiger partial charge in [-0.1, -0.05) is 0 Å². The highest BCUT2D eigenvalue weighted by Crippen LogP contribution is 2.36. The van der Waals surface area contributed by atoms with Crippen molar-refractivity contribution in [2.75, 3.05) is 14.2 Å². The van der Waals surface area contributed by atoms with E-state index in [-0.39, 0.29) is 0 Å². The molecule has 84 valence electrons. The fraction of sp³-hybridized carbons (Fsp3) is 0.250. The molecule has 2 rings (SSSR count). The van der Waals surface area contributed by atoms with Gasteiger partial charge in [0, 0.05) is 5.39 Å². The SMILES string of the molecule is COc1ccc2nc(C)c(Br)c(OC)c2c1. The molecule has 0 radical (unpaired) electrons. The number of ether oxygens (including phenoxy) is 2. The molecule has 0 spiro atoms. The molecular weight excluding hydrogens is 270 g/mol. The van der Waals surface area contributed by atoms with Crippen LogP contribution in [0.25, 0.3) is 10.9 Å². The van der Waals surface area contributed by atoms with Gasteiger partial charge in [0.15, 0.2) is 0 Å². The lowest BCUT2D eigenvalue weighted by Crippen LogP contribution is -1.93. The maximum absolute atomic E-state index is 5.40. The van der Waals surface area contributed by atoms with Gasteiger partial charge in [-0.15, -0.1) is 0 Å². The second kappa shape index (κ2) is 4.29. The summed E-state index contributed by atoms with van der Waals surface area (Å²) >= 11 is 3.48. The minimum atomic E-state index is 0.793. The van der Waals surface area contributed by atoms with Crippen molar-refractivity contribution < 1.29 is 9.47 Å². The molecule has 0 aliphatic heterocycles. The smallest absolute Gasteiger partial charge is 0.144 e. The molecule has 16 heavy (non-hydrogen) atoms. The van der Waals surface area contributed by atoms with Gasteiger partial charge >= 0.3 is 0 Å². The first kappa shape index (κ1) is 11.2. The average Bonchev–Trinajstić information content (AvgIpc) is 2.30. The minimum Gasteiger partial charge on any atom is -0.497 e. The number of fused-ring (bicyclic) bond motifs is 1. The standard InChI is InChI=1S/C12H12BrNO2/c1-7-11(13)12(16-3)9-6-8(15-2)4-5-10(9)14-7/h4-6H,1-3H3. The number of benzene rings is 1. The van der Waals surface area contributed by atoms with Crippen LogP contribution in [0, 0.1) is 6.92 Å². The van der Waals surface area contributed by atoms with Crippen molar-refractivity contribution in [2.24, 2.45) is 0 Å². The van der Waals surface area contributed by atoms with Gasteiger partial charge < -0.3 is 9.47 Å². The molecule has 0 amide bonds. The molecule has 2 aromatic rings. The Morgan fingerprint density at radius 1 is 1.19 bits per heavy atom. The van der Waals surface area contributed by atoms with Crippen molar-refractivity contribution in [3.8, 4) is 11.5 Å². The van der Waals surface area contributed by atoms with Crippen molar-refractivity contribution in [3.05, 3.63) is 28.4 Å². The number of methoxy groups -OCH3 is 2. The van der Waals surface area contributed by atoms with E-state index in [0.29, 0.717) is 0 Å². The molecule has 0 bridgehead atoms. The van der Waals surface area contributed by atoms with Crippen LogP contribution in [0.4, 0.5) is 0 Å². The van der Waals surface area contributed by atoms with E-state index >= 15 is 0 Å². The number of halogens is 1. The van der Waals surface area contributed by atoms with Crippen LogP contribution in [0.1, 0.15) is 5.69 Å². The molecule has 0 saturated heterocycles. The number of nitrogens with zero attached hydrogens (tertiary/aromatic N) is 1. The maximum Gasteiger partial charge on any atom is 0.144 e. The van der Waals surface area contributed by atoms with E-state index in [1.54, 1.807) is 14.2 Å². The lowest BCUT2D eigenvalue weighted by Gasteiger charge is -2.10. The zero-order chi connectivity index (χ0) is 11.7. The number of aryl methyl sites for hydroxylation is 1. The molecule has 1 aromatic heterocycles. The first-order valence-corrected chi connectivity index (χ1v) is 5.64. The molecule has 1 aromatic carbocycles. The average molecular weight is 282 g/mol. The fourth-order valence-corrected chi connectivity index (χ4v) is 2.10. The lowest BCUT2D eigenvalue weighted by atomic mass is 10.1. The van der Waals surface area contributed by atoms with Gasteiger partial charge in [0.2, 0.25) is 0 Å². The van der Waals surface area contributed by atoms with Crippen LogP contribution < -0.4 is 9.47 Å². The van der Waals surface area contributed by atoms with Gasteiger partial charge in [-0.05, 0) is 41.1 Å². The molecule has 0 fully saturated rings. The molecular formula is C12H12BrNO2. The van der Waals surface area contributed by atoms with Gasteiger partial charge in [-0.3, -0.25) is 4.98 Å². The number of rotatable bonds is 2. The predicted octanol–water partition coefficient (Wildman–Crippen LogP) is 3.32. The summed E-state index contributed by atoms with van der Waals surface area (Å²) in [7, 11) is 3.29. The molecule has 3 nitrogen and oxygen atoms in total. The van der Waals surface area contributed by atoms with E-state index in [2.05, 4.69) is 20.9 Å². The Kier molecular flexibility index (Phi) is 3.01. The van der Waals surface area contributed by atoms with E-state index in [9.17, 15) is 0 Å². The monoisotopic (exact) mass is 281 g/mol. The van der Waals surface area contributed by atoms with Crippen LogP contribution >= 0.6 is 15.9 Å². The van der Waals surface area contributed by atoms with Crippen LogP contribution in [0.2, 0.25) is 0 Å². The summed E-state index contributed by atoms with van der Waals surface area (Å²) in [4.78, 5) is 4.48. The number of hydrogen-bond acceptors (Lipinski definition) is 3. The highest BCUT2D eigenvalue weighted by Gasteiger charge is 2.11. The van der Waals surface area contributed by atoms with Crippen LogP contribution in [0.3, 0.4) is 0 Å². The summed E-state index contributed by atoms with van der Waals surface area (Å²) in [6, 6.07) is 5.74. The normalized spacial score (nSPS) is 10.5. The lowest BCUT2D eigenvalue weighted by molar-refractivity contribution is 0.410.